The Kier molecular flexibility index (Phi) is 7.71. The van der Waals surface area contributed by atoms with Crippen LogP contribution in [0.15, 0.2) is 192 Å². The summed E-state index contributed by atoms with van der Waals surface area (Å²) in [6.45, 7) is 4.73. The first kappa shape index (κ1) is 34.7. The molecule has 10 aromatic rings. The topological polar surface area (TPSA) is 48.2 Å². The zero-order valence-corrected chi connectivity index (χ0v) is 34.3. The molecule has 0 N–H and O–H groups in total. The van der Waals surface area contributed by atoms with Crippen LogP contribution in [0.25, 0.3) is 78.1 Å². The molecule has 3 heterocycles. The molecule has 5 heteroatoms. The number of rotatable bonds is 5. The van der Waals surface area contributed by atoms with Crippen molar-refractivity contribution in [2.75, 3.05) is 0 Å². The van der Waals surface area contributed by atoms with Crippen molar-refractivity contribution in [3.63, 3.8) is 0 Å². The van der Waals surface area contributed by atoms with Crippen LogP contribution < -0.4 is 9.92 Å². The number of nitrogens with zero attached hydrogens (tertiary/aromatic N) is 2. The van der Waals surface area contributed by atoms with Gasteiger partial charge < -0.3 is 9.15 Å². The molecule has 12 rings (SSSR count). The maximum absolute atomic E-state index is 7.01. The molecule has 1 aliphatic heterocycles. The van der Waals surface area contributed by atoms with Crippen molar-refractivity contribution in [3.05, 3.63) is 210 Å². The molecule has 0 fully saturated rings. The highest BCUT2D eigenvalue weighted by atomic mass is 28.3. The predicted molar refractivity (Wildman–Crippen MR) is 247 cm³/mol. The summed E-state index contributed by atoms with van der Waals surface area (Å²) < 4.78 is 13.6. The minimum absolute atomic E-state index is 0.569. The van der Waals surface area contributed by atoms with E-state index in [0.717, 1.165) is 83.8 Å². The van der Waals surface area contributed by atoms with Crippen LogP contribution in [0, 0.1) is 0 Å². The number of benzene rings is 8. The first-order valence-electron chi connectivity index (χ1n) is 20.7. The van der Waals surface area contributed by atoms with E-state index in [1.165, 1.54) is 27.4 Å². The van der Waals surface area contributed by atoms with E-state index in [4.69, 9.17) is 19.1 Å². The average molecular weight is 787 g/mol. The molecule has 0 saturated carbocycles. The van der Waals surface area contributed by atoms with Crippen molar-refractivity contribution in [3.8, 4) is 67.7 Å². The summed E-state index contributed by atoms with van der Waals surface area (Å²) in [6, 6.07) is 66.9. The number of para-hydroxylation sites is 3. The quantitative estimate of drug-likeness (QED) is 0.163. The molecule has 8 aromatic carbocycles. The molecule has 0 radical (unpaired) electrons. The summed E-state index contributed by atoms with van der Waals surface area (Å²) in [4.78, 5) is 10.5. The third kappa shape index (κ3) is 5.03. The van der Waals surface area contributed by atoms with Gasteiger partial charge in [-0.1, -0.05) is 176 Å². The van der Waals surface area contributed by atoms with Crippen molar-refractivity contribution in [1.82, 2.24) is 9.97 Å². The number of hydrogen-bond donors (Lipinski definition) is 0. The summed E-state index contributed by atoms with van der Waals surface area (Å²) in [5.74, 6) is 2.45. The van der Waals surface area contributed by atoms with Crippen molar-refractivity contribution in [2.45, 2.75) is 18.5 Å². The summed E-state index contributed by atoms with van der Waals surface area (Å²) in [6.07, 6.45) is 0. The molecule has 1 spiro atoms. The van der Waals surface area contributed by atoms with Crippen molar-refractivity contribution >= 4 is 35.9 Å². The van der Waals surface area contributed by atoms with Crippen LogP contribution in [0.2, 0.25) is 13.1 Å². The van der Waals surface area contributed by atoms with Gasteiger partial charge in [0.2, 0.25) is 0 Å². The molecule has 1 aliphatic carbocycles. The highest BCUT2D eigenvalue weighted by Crippen LogP contribution is 2.63. The lowest BCUT2D eigenvalue weighted by Gasteiger charge is -2.39. The maximum atomic E-state index is 7.01. The monoisotopic (exact) mass is 786 g/mol. The van der Waals surface area contributed by atoms with Gasteiger partial charge in [0.1, 0.15) is 22.7 Å². The van der Waals surface area contributed by atoms with Gasteiger partial charge in [0.05, 0.1) is 25.6 Å². The molecule has 0 saturated heterocycles. The minimum Gasteiger partial charge on any atom is -0.457 e. The minimum atomic E-state index is -1.05. The highest BCUT2D eigenvalue weighted by Gasteiger charge is 2.51. The van der Waals surface area contributed by atoms with Crippen LogP contribution in [0.1, 0.15) is 22.3 Å². The van der Waals surface area contributed by atoms with E-state index in [1.807, 2.05) is 24.3 Å². The Morgan fingerprint density at radius 3 is 1.88 bits per heavy atom. The average Bonchev–Trinajstić information content (AvgIpc) is 3.84. The van der Waals surface area contributed by atoms with Crippen LogP contribution in [-0.2, 0) is 5.41 Å². The lowest BCUT2D eigenvalue weighted by molar-refractivity contribution is 0.436. The molecular formula is C55H38N2O2Si. The molecule has 4 nitrogen and oxygen atoms in total. The van der Waals surface area contributed by atoms with Crippen LogP contribution in [0.3, 0.4) is 0 Å². The number of aromatic nitrogens is 2. The van der Waals surface area contributed by atoms with Crippen LogP contribution in [0.4, 0.5) is 0 Å². The Hall–Kier alpha value is -7.34. The molecule has 0 atom stereocenters. The van der Waals surface area contributed by atoms with Gasteiger partial charge in [-0.05, 0) is 58.1 Å². The first-order valence-corrected chi connectivity index (χ1v) is 23.6. The van der Waals surface area contributed by atoms with E-state index in [2.05, 4.69) is 177 Å². The van der Waals surface area contributed by atoms with E-state index >= 15 is 0 Å². The summed E-state index contributed by atoms with van der Waals surface area (Å²) >= 11 is 0. The van der Waals surface area contributed by atoms with Gasteiger partial charge >= 0.3 is 0 Å². The van der Waals surface area contributed by atoms with E-state index in [9.17, 15) is 0 Å². The van der Waals surface area contributed by atoms with Crippen LogP contribution in [0.5, 0.6) is 11.5 Å². The molecular weight excluding hydrogens is 749 g/mol. The van der Waals surface area contributed by atoms with Crippen molar-refractivity contribution in [1.29, 1.82) is 0 Å². The Bertz CT molecular complexity index is 3300. The lowest BCUT2D eigenvalue weighted by atomic mass is 9.66. The summed E-state index contributed by atoms with van der Waals surface area (Å²) in [7, 11) is -1.05. The highest BCUT2D eigenvalue weighted by molar-refractivity contribution is 6.70. The smallest absolute Gasteiger partial charge is 0.160 e. The Balaban J connectivity index is 1.13. The van der Waals surface area contributed by atoms with Gasteiger partial charge in [-0.2, -0.15) is 0 Å². The second-order valence-corrected chi connectivity index (χ2v) is 19.2. The number of fused-ring (bicyclic) bond motifs is 12. The van der Waals surface area contributed by atoms with E-state index in [-0.39, 0.29) is 0 Å². The summed E-state index contributed by atoms with van der Waals surface area (Å²) in [5.41, 5.74) is 15.3. The standard InChI is InChI=1S/C55H38N2O2Si/c1-60(2)36-19-14-18-35(32-36)46-33-47(57-54(56-46)34-16-4-3-5-17-34)40-31-30-38(53-52(40)41-21-7-11-27-48(41)59-53)37-22-15-26-45-51(37)39-20-6-8-23-42(39)55(45)43-24-9-12-28-49(43)58-50-29-13-10-25-44(50)55/h3-33,60H,1-2H3. The fourth-order valence-corrected chi connectivity index (χ4v) is 10.9. The van der Waals surface area contributed by atoms with Crippen LogP contribution >= 0.6 is 0 Å². The normalized spacial score (nSPS) is 13.2. The lowest BCUT2D eigenvalue weighted by Crippen LogP contribution is -2.32. The SMILES string of the molecule is C[SiH](C)c1cccc(-c2cc(-c3ccc(-c4cccc5c4-c4ccccc4C54c5ccccc5Oc5ccccc54)c4oc5ccccc5c34)nc(-c3ccccc3)n2)c1. The molecule has 0 unspecified atom stereocenters. The largest absolute Gasteiger partial charge is 0.457 e. The fraction of sp³-hybridized carbons (Fsp3) is 0.0545. The summed E-state index contributed by atoms with van der Waals surface area (Å²) in [5, 5.41) is 3.50. The van der Waals surface area contributed by atoms with Gasteiger partial charge in [0.15, 0.2) is 5.82 Å². The third-order valence-corrected chi connectivity index (χ3v) is 14.3. The zero-order valence-electron chi connectivity index (χ0n) is 33.2. The van der Waals surface area contributed by atoms with Gasteiger partial charge in [0, 0.05) is 44.2 Å². The second kappa shape index (κ2) is 13.3. The van der Waals surface area contributed by atoms with Gasteiger partial charge in [0.25, 0.3) is 0 Å². The molecule has 284 valence electrons. The number of ether oxygens (including phenoxy) is 1. The maximum Gasteiger partial charge on any atom is 0.160 e. The molecule has 0 bridgehead atoms. The molecule has 0 amide bonds. The Labute approximate surface area is 350 Å². The number of hydrogen-bond acceptors (Lipinski definition) is 4. The van der Waals surface area contributed by atoms with Crippen molar-refractivity contribution < 1.29 is 9.15 Å². The molecule has 2 aromatic heterocycles. The number of furan rings is 1. The molecule has 2 aliphatic rings. The predicted octanol–water partition coefficient (Wildman–Crippen LogP) is 13.2. The zero-order chi connectivity index (χ0) is 40.0. The Morgan fingerprint density at radius 2 is 1.08 bits per heavy atom. The van der Waals surface area contributed by atoms with Gasteiger partial charge in [-0.3, -0.25) is 0 Å². The third-order valence-electron chi connectivity index (χ3n) is 12.6. The van der Waals surface area contributed by atoms with E-state index in [1.54, 1.807) is 0 Å². The van der Waals surface area contributed by atoms with Crippen molar-refractivity contribution in [2.24, 2.45) is 0 Å². The van der Waals surface area contributed by atoms with Gasteiger partial charge in [-0.15, -0.1) is 0 Å². The van der Waals surface area contributed by atoms with E-state index in [0.29, 0.717) is 5.82 Å². The fourth-order valence-electron chi connectivity index (χ4n) is 9.89. The van der Waals surface area contributed by atoms with E-state index < -0.39 is 14.2 Å². The van der Waals surface area contributed by atoms with Crippen LogP contribution in [-0.4, -0.2) is 18.8 Å². The second-order valence-electron chi connectivity index (χ2n) is 16.2. The first-order chi connectivity index (χ1) is 29.6. The molecule has 60 heavy (non-hydrogen) atoms. The van der Waals surface area contributed by atoms with Gasteiger partial charge in [-0.25, -0.2) is 9.97 Å². The Morgan fingerprint density at radius 1 is 0.467 bits per heavy atom.